The van der Waals surface area contributed by atoms with Gasteiger partial charge in [0.2, 0.25) is 0 Å². The highest BCUT2D eigenvalue weighted by atomic mass is 32.1. The number of likely N-dealkylation sites (tertiary alicyclic amines) is 1. The van der Waals surface area contributed by atoms with Crippen molar-refractivity contribution in [1.82, 2.24) is 9.47 Å². The fourth-order valence-electron chi connectivity index (χ4n) is 3.76. The van der Waals surface area contributed by atoms with Crippen LogP contribution in [0.4, 0.5) is 0 Å². The molecule has 1 aromatic heterocycles. The summed E-state index contributed by atoms with van der Waals surface area (Å²) in [6.07, 6.45) is 4.71. The van der Waals surface area contributed by atoms with E-state index in [1.165, 1.54) is 15.9 Å². The molecule has 1 saturated heterocycles. The summed E-state index contributed by atoms with van der Waals surface area (Å²) in [7, 11) is 1.60. The van der Waals surface area contributed by atoms with Gasteiger partial charge in [0.05, 0.1) is 17.3 Å². The molecule has 1 aliphatic heterocycles. The largest absolute Gasteiger partial charge is 0.497 e. The van der Waals surface area contributed by atoms with Crippen molar-refractivity contribution in [2.24, 2.45) is 0 Å². The number of methoxy groups -OCH3 is 1. The van der Waals surface area contributed by atoms with E-state index in [1.807, 2.05) is 42.5 Å². The number of nitriles is 1. The van der Waals surface area contributed by atoms with E-state index in [4.69, 9.17) is 4.74 Å². The molecule has 0 atom stereocenters. The zero-order valence-corrected chi connectivity index (χ0v) is 18.6. The first-order valence-electron chi connectivity index (χ1n) is 10.5. The van der Waals surface area contributed by atoms with Crippen LogP contribution >= 0.6 is 11.3 Å². The second-order valence-electron chi connectivity index (χ2n) is 7.50. The van der Waals surface area contributed by atoms with Crippen LogP contribution in [0.1, 0.15) is 24.8 Å². The molecule has 2 heterocycles. The predicted molar refractivity (Wildman–Crippen MR) is 125 cm³/mol. The van der Waals surface area contributed by atoms with Gasteiger partial charge >= 0.3 is 0 Å². The van der Waals surface area contributed by atoms with E-state index < -0.39 is 0 Å². The number of ether oxygens (including phenoxy) is 1. The maximum absolute atomic E-state index is 13.4. The molecule has 7 heteroatoms. The molecule has 0 radical (unpaired) electrons. The number of hydrogen-bond donors (Lipinski definition) is 0. The van der Waals surface area contributed by atoms with Crippen molar-refractivity contribution in [3.63, 3.8) is 0 Å². The zero-order valence-electron chi connectivity index (χ0n) is 17.8. The standard InChI is InChI=1S/C25H23N3O3S/c1-31-20-12-10-18(11-13-20)16-22-24(30)28(19-8-4-2-5-9-19)25(32-22)21(17-26)23(29)27-14-6-3-7-15-27/h2,4-5,8-13,16H,3,6-7,14-15H2,1H3/b22-16-,25-21-. The van der Waals surface area contributed by atoms with Crippen LogP contribution in [-0.4, -0.2) is 35.6 Å². The molecule has 0 bridgehead atoms. The minimum Gasteiger partial charge on any atom is -0.497 e. The Morgan fingerprint density at radius 2 is 1.75 bits per heavy atom. The smallest absolute Gasteiger partial charge is 0.273 e. The number of nitrogens with zero attached hydrogens (tertiary/aromatic N) is 3. The van der Waals surface area contributed by atoms with Gasteiger partial charge in [-0.1, -0.05) is 30.3 Å². The second-order valence-corrected chi connectivity index (χ2v) is 8.54. The average molecular weight is 446 g/mol. The van der Waals surface area contributed by atoms with E-state index in [2.05, 4.69) is 6.07 Å². The lowest BCUT2D eigenvalue weighted by Crippen LogP contribution is -2.39. The second kappa shape index (κ2) is 9.67. The normalized spacial score (nSPS) is 15.2. The minimum absolute atomic E-state index is 0.00670. The molecule has 0 N–H and O–H groups in total. The molecule has 1 fully saturated rings. The van der Waals surface area contributed by atoms with E-state index in [0.717, 1.165) is 30.6 Å². The molecule has 1 aliphatic rings. The number of thiazole rings is 1. The SMILES string of the molecule is COc1ccc(/C=c2\s/c(=C(/C#N)C(=O)N3CCCCC3)n(-c3ccccc3)c2=O)cc1. The molecule has 2 aromatic carbocycles. The number of carbonyl (C=O) groups excluding carboxylic acids is 1. The fraction of sp³-hybridized carbons (Fsp3) is 0.240. The van der Waals surface area contributed by atoms with Gasteiger partial charge in [-0.25, -0.2) is 0 Å². The monoisotopic (exact) mass is 445 g/mol. The van der Waals surface area contributed by atoms with Gasteiger partial charge in [-0.05, 0) is 55.2 Å². The van der Waals surface area contributed by atoms with Gasteiger partial charge in [0.1, 0.15) is 16.5 Å². The average Bonchev–Trinajstić information content (AvgIpc) is 3.16. The lowest BCUT2D eigenvalue weighted by Gasteiger charge is -2.26. The molecule has 162 valence electrons. The number of hydrogen-bond acceptors (Lipinski definition) is 5. The van der Waals surface area contributed by atoms with Gasteiger partial charge in [-0.3, -0.25) is 14.2 Å². The number of carbonyl (C=O) groups is 1. The van der Waals surface area contributed by atoms with Gasteiger partial charge in [-0.2, -0.15) is 5.26 Å². The number of aromatic nitrogens is 1. The van der Waals surface area contributed by atoms with E-state index in [0.29, 0.717) is 28.0 Å². The Hall–Kier alpha value is -3.63. The molecule has 6 nitrogen and oxygen atoms in total. The van der Waals surface area contributed by atoms with Gasteiger partial charge in [0, 0.05) is 13.1 Å². The van der Waals surface area contributed by atoms with E-state index >= 15 is 0 Å². The zero-order chi connectivity index (χ0) is 22.5. The Kier molecular flexibility index (Phi) is 6.52. The van der Waals surface area contributed by atoms with Crippen molar-refractivity contribution >= 4 is 28.9 Å². The van der Waals surface area contributed by atoms with Crippen molar-refractivity contribution < 1.29 is 9.53 Å². The summed E-state index contributed by atoms with van der Waals surface area (Å²) in [5.74, 6) is 0.414. The first kappa shape index (κ1) is 21.6. The summed E-state index contributed by atoms with van der Waals surface area (Å²) < 4.78 is 7.48. The van der Waals surface area contributed by atoms with Gasteiger partial charge < -0.3 is 9.64 Å². The number of para-hydroxylation sites is 1. The summed E-state index contributed by atoms with van der Waals surface area (Å²) in [4.78, 5) is 28.3. The molecule has 32 heavy (non-hydrogen) atoms. The third-order valence-corrected chi connectivity index (χ3v) is 6.53. The van der Waals surface area contributed by atoms with E-state index in [1.54, 1.807) is 30.2 Å². The molecular weight excluding hydrogens is 422 g/mol. The number of rotatable bonds is 4. The molecule has 0 spiro atoms. The van der Waals surface area contributed by atoms with E-state index in [-0.39, 0.29) is 17.0 Å². The van der Waals surface area contributed by atoms with Crippen molar-refractivity contribution in [1.29, 1.82) is 5.26 Å². The quantitative estimate of drug-likeness (QED) is 0.618. The van der Waals surface area contributed by atoms with Crippen LogP contribution in [-0.2, 0) is 4.79 Å². The maximum Gasteiger partial charge on any atom is 0.273 e. The topological polar surface area (TPSA) is 75.3 Å². The van der Waals surface area contributed by atoms with Gasteiger partial charge in [0.25, 0.3) is 11.5 Å². The van der Waals surface area contributed by atoms with Crippen LogP contribution < -0.4 is 19.5 Å². The Morgan fingerprint density at radius 3 is 2.38 bits per heavy atom. The van der Waals surface area contributed by atoms with Gasteiger partial charge in [-0.15, -0.1) is 11.3 Å². The Bertz CT molecular complexity index is 1330. The Balaban J connectivity index is 1.94. The molecular formula is C25H23N3O3S. The summed E-state index contributed by atoms with van der Waals surface area (Å²) in [6.45, 7) is 1.27. The number of benzene rings is 2. The third kappa shape index (κ3) is 4.36. The van der Waals surface area contributed by atoms with Gasteiger partial charge in [0.15, 0.2) is 5.57 Å². The Labute approximate surface area is 189 Å². The fourth-order valence-corrected chi connectivity index (χ4v) is 4.85. The first-order valence-corrected chi connectivity index (χ1v) is 11.3. The highest BCUT2D eigenvalue weighted by molar-refractivity contribution is 7.07. The maximum atomic E-state index is 13.4. The highest BCUT2D eigenvalue weighted by Crippen LogP contribution is 2.13. The van der Waals surface area contributed by atoms with Crippen LogP contribution in [0.5, 0.6) is 5.75 Å². The van der Waals surface area contributed by atoms with Crippen molar-refractivity contribution in [2.45, 2.75) is 19.3 Å². The molecule has 1 amide bonds. The van der Waals surface area contributed by atoms with Crippen molar-refractivity contribution in [3.8, 4) is 17.5 Å². The molecule has 0 aliphatic carbocycles. The van der Waals surface area contributed by atoms with Crippen LogP contribution in [0, 0.1) is 11.3 Å². The summed E-state index contributed by atoms with van der Waals surface area (Å²) in [5.41, 5.74) is 1.20. The third-order valence-electron chi connectivity index (χ3n) is 5.43. The van der Waals surface area contributed by atoms with Crippen LogP contribution in [0.15, 0.2) is 59.4 Å². The van der Waals surface area contributed by atoms with Crippen molar-refractivity contribution in [2.75, 3.05) is 20.2 Å². The summed E-state index contributed by atoms with van der Waals surface area (Å²) in [5, 5.41) is 9.93. The first-order chi connectivity index (χ1) is 15.6. The lowest BCUT2D eigenvalue weighted by atomic mass is 10.1. The molecule has 3 aromatic rings. The van der Waals surface area contributed by atoms with Crippen molar-refractivity contribution in [3.05, 3.63) is 79.7 Å². The summed E-state index contributed by atoms with van der Waals surface area (Å²) >= 11 is 1.17. The van der Waals surface area contributed by atoms with E-state index in [9.17, 15) is 14.9 Å². The molecule has 4 rings (SSSR count). The van der Waals surface area contributed by atoms with Crippen LogP contribution in [0.25, 0.3) is 17.3 Å². The van der Waals surface area contributed by atoms with Crippen LogP contribution in [0.3, 0.4) is 0 Å². The lowest BCUT2D eigenvalue weighted by molar-refractivity contribution is -0.125. The predicted octanol–water partition coefficient (Wildman–Crippen LogP) is 2.42. The van der Waals surface area contributed by atoms with Crippen LogP contribution in [0.2, 0.25) is 0 Å². The Morgan fingerprint density at radius 1 is 1.06 bits per heavy atom. The number of amides is 1. The number of piperidine rings is 1. The highest BCUT2D eigenvalue weighted by Gasteiger charge is 2.23. The minimum atomic E-state index is -0.311. The molecule has 0 saturated carbocycles. The summed E-state index contributed by atoms with van der Waals surface area (Å²) in [6, 6.07) is 18.6. The molecule has 0 unspecified atom stereocenters.